The maximum atomic E-state index is 14.5. The number of aromatic hydroxyl groups is 2. The zero-order valence-electron chi connectivity index (χ0n) is 24.3. The minimum Gasteiger partial charge on any atom is -0.507 e. The van der Waals surface area contributed by atoms with Gasteiger partial charge < -0.3 is 19.7 Å². The Labute approximate surface area is 235 Å². The van der Waals surface area contributed by atoms with Gasteiger partial charge in [0.1, 0.15) is 29.1 Å². The maximum Gasteiger partial charge on any atom is 0.200 e. The lowest BCUT2D eigenvalue weighted by Crippen LogP contribution is -2.72. The smallest absolute Gasteiger partial charge is 0.200 e. The van der Waals surface area contributed by atoms with Crippen molar-refractivity contribution in [1.29, 1.82) is 0 Å². The third-order valence-electron chi connectivity index (χ3n) is 9.02. The molecular weight excluding hydrogens is 508 g/mol. The second-order valence-electron chi connectivity index (χ2n) is 12.6. The third kappa shape index (κ3) is 3.70. The van der Waals surface area contributed by atoms with Gasteiger partial charge in [-0.25, -0.2) is 0 Å². The Balaban J connectivity index is 1.82. The fourth-order valence-electron chi connectivity index (χ4n) is 7.11. The Bertz CT molecular complexity index is 1460. The summed E-state index contributed by atoms with van der Waals surface area (Å²) >= 11 is 0. The molecule has 40 heavy (non-hydrogen) atoms. The SMILES string of the molecule is CC(C)=CCc1c(O)c(CC=C(C)C)c2c(c1O)C(=O)C1=C[C@H]3C[C@@H]4C(C)(C)O[C@](C/C=C(\C)C=O)(C3=O)C14O2. The molecule has 2 N–H and O–H groups in total. The largest absolute Gasteiger partial charge is 0.507 e. The number of rotatable bonds is 7. The van der Waals surface area contributed by atoms with Crippen molar-refractivity contribution in [3.63, 3.8) is 0 Å². The van der Waals surface area contributed by atoms with Crippen LogP contribution in [0.3, 0.4) is 0 Å². The summed E-state index contributed by atoms with van der Waals surface area (Å²) in [5.74, 6) is -1.83. The highest BCUT2D eigenvalue weighted by Gasteiger charge is 2.81. The summed E-state index contributed by atoms with van der Waals surface area (Å²) in [4.78, 5) is 40.0. The molecule has 0 amide bonds. The van der Waals surface area contributed by atoms with Crippen molar-refractivity contribution in [3.05, 3.63) is 63.3 Å². The van der Waals surface area contributed by atoms with Gasteiger partial charge in [0.05, 0.1) is 5.60 Å². The molecule has 1 aromatic rings. The lowest BCUT2D eigenvalue weighted by molar-refractivity contribution is -0.171. The van der Waals surface area contributed by atoms with E-state index in [4.69, 9.17) is 9.47 Å². The molecule has 6 rings (SSSR count). The van der Waals surface area contributed by atoms with Crippen LogP contribution in [0.2, 0.25) is 0 Å². The number of hydrogen-bond donors (Lipinski definition) is 2. The quantitative estimate of drug-likeness (QED) is 0.258. The molecule has 212 valence electrons. The molecule has 5 aliphatic rings. The Morgan fingerprint density at radius 3 is 2.20 bits per heavy atom. The third-order valence-corrected chi connectivity index (χ3v) is 9.02. The van der Waals surface area contributed by atoms with E-state index in [0.29, 0.717) is 23.1 Å². The molecule has 0 aromatic heterocycles. The van der Waals surface area contributed by atoms with Gasteiger partial charge >= 0.3 is 0 Å². The van der Waals surface area contributed by atoms with Crippen molar-refractivity contribution >= 4 is 17.9 Å². The first-order valence-electron chi connectivity index (χ1n) is 13.9. The Hall–Kier alpha value is -3.45. The highest BCUT2D eigenvalue weighted by molar-refractivity contribution is 6.18. The van der Waals surface area contributed by atoms with E-state index in [9.17, 15) is 24.6 Å². The first-order chi connectivity index (χ1) is 18.7. The number of hydrogen-bond acceptors (Lipinski definition) is 7. The number of phenolic OH excluding ortho intramolecular Hbond substituents is 2. The van der Waals surface area contributed by atoms with E-state index in [1.807, 2.05) is 53.7 Å². The minimum absolute atomic E-state index is 0.0101. The number of carbonyl (C=O) groups is 3. The Morgan fingerprint density at radius 2 is 1.60 bits per heavy atom. The van der Waals surface area contributed by atoms with Gasteiger partial charge in [0.2, 0.25) is 0 Å². The second-order valence-corrected chi connectivity index (χ2v) is 12.6. The summed E-state index contributed by atoms with van der Waals surface area (Å²) in [7, 11) is 0. The van der Waals surface area contributed by atoms with Crippen molar-refractivity contribution in [3.8, 4) is 17.2 Å². The Morgan fingerprint density at radius 1 is 0.975 bits per heavy atom. The number of Topliss-reactive ketones (excluding diaryl/α,β-unsaturated/α-hetero) is 2. The molecular formula is C33H38O7. The molecule has 2 aliphatic heterocycles. The van der Waals surface area contributed by atoms with Crippen LogP contribution in [0.25, 0.3) is 0 Å². The van der Waals surface area contributed by atoms with Crippen LogP contribution in [0, 0.1) is 11.8 Å². The number of allylic oxidation sites excluding steroid dienone is 6. The van der Waals surface area contributed by atoms with Crippen molar-refractivity contribution in [1.82, 2.24) is 0 Å². The lowest BCUT2D eigenvalue weighted by atomic mass is 9.51. The topological polar surface area (TPSA) is 110 Å². The summed E-state index contributed by atoms with van der Waals surface area (Å²) in [6.45, 7) is 13.2. The molecule has 1 saturated carbocycles. The number of aldehydes is 1. The molecule has 1 spiro atoms. The molecule has 2 fully saturated rings. The predicted molar refractivity (Wildman–Crippen MR) is 151 cm³/mol. The van der Waals surface area contributed by atoms with Gasteiger partial charge in [0.25, 0.3) is 0 Å². The molecule has 4 atom stereocenters. The number of benzene rings is 1. The van der Waals surface area contributed by atoms with E-state index < -0.39 is 28.5 Å². The van der Waals surface area contributed by atoms with Crippen molar-refractivity contribution in [2.45, 2.75) is 91.0 Å². The van der Waals surface area contributed by atoms with Crippen LogP contribution in [-0.4, -0.2) is 44.9 Å². The van der Waals surface area contributed by atoms with Gasteiger partial charge in [-0.3, -0.25) is 14.4 Å². The summed E-state index contributed by atoms with van der Waals surface area (Å²) < 4.78 is 13.6. The number of fused-ring (bicyclic) bond motifs is 1. The van der Waals surface area contributed by atoms with E-state index in [1.165, 1.54) is 0 Å². The maximum absolute atomic E-state index is 14.5. The van der Waals surface area contributed by atoms with Crippen molar-refractivity contribution in [2.24, 2.45) is 11.8 Å². The van der Waals surface area contributed by atoms with Gasteiger partial charge in [-0.05, 0) is 73.3 Å². The summed E-state index contributed by atoms with van der Waals surface area (Å²) in [5, 5.41) is 23.0. The first-order valence-corrected chi connectivity index (χ1v) is 13.9. The van der Waals surface area contributed by atoms with E-state index in [2.05, 4.69) is 0 Å². The minimum atomic E-state index is -1.54. The average Bonchev–Trinajstić information content (AvgIpc) is 3.03. The highest BCUT2D eigenvalue weighted by atomic mass is 16.6. The van der Waals surface area contributed by atoms with Crippen molar-refractivity contribution < 1.29 is 34.1 Å². The molecule has 1 aromatic carbocycles. The molecule has 7 heteroatoms. The van der Waals surface area contributed by atoms with E-state index in [-0.39, 0.29) is 59.3 Å². The van der Waals surface area contributed by atoms with Crippen LogP contribution >= 0.6 is 0 Å². The molecule has 4 bridgehead atoms. The number of phenols is 2. The molecule has 1 saturated heterocycles. The fraction of sp³-hybridized carbons (Fsp3) is 0.485. The van der Waals surface area contributed by atoms with Crippen LogP contribution in [0.5, 0.6) is 17.2 Å². The zero-order chi connectivity index (χ0) is 29.4. The standard InChI is InChI=1S/C33H38O7/c1-17(2)8-10-21-26(35)22(11-9-18(3)4)29-25(27(21)36)28(37)23-14-20-15-24-31(6,7)40-32(30(20)38,33(23,24)39-29)13-12-19(5)16-34/h8-9,12,14,16,20,24,35-36H,10-11,13,15H2,1-7H3/b19-12+/t20-,24+,32+,33?/m0/s1. The summed E-state index contributed by atoms with van der Waals surface area (Å²) in [6.07, 6.45) is 8.92. The van der Waals surface area contributed by atoms with Crippen LogP contribution in [0.4, 0.5) is 0 Å². The lowest BCUT2D eigenvalue weighted by Gasteiger charge is -2.56. The molecule has 7 nitrogen and oxygen atoms in total. The zero-order valence-corrected chi connectivity index (χ0v) is 24.3. The van der Waals surface area contributed by atoms with Crippen LogP contribution in [-0.2, 0) is 27.2 Å². The van der Waals surface area contributed by atoms with Gasteiger partial charge in [0.15, 0.2) is 22.8 Å². The molecule has 3 aliphatic carbocycles. The van der Waals surface area contributed by atoms with Gasteiger partial charge in [0, 0.05) is 35.0 Å². The predicted octanol–water partition coefficient (Wildman–Crippen LogP) is 5.66. The van der Waals surface area contributed by atoms with Crippen LogP contribution in [0.15, 0.2) is 46.6 Å². The van der Waals surface area contributed by atoms with E-state index in [1.54, 1.807) is 19.1 Å². The van der Waals surface area contributed by atoms with Crippen LogP contribution < -0.4 is 4.74 Å². The normalized spacial score (nSPS) is 29.3. The first kappa shape index (κ1) is 28.1. The van der Waals surface area contributed by atoms with Gasteiger partial charge in [-0.1, -0.05) is 35.5 Å². The highest BCUT2D eigenvalue weighted by Crippen LogP contribution is 2.68. The average molecular weight is 547 g/mol. The molecule has 1 unspecified atom stereocenters. The molecule has 0 radical (unpaired) electrons. The van der Waals surface area contributed by atoms with E-state index in [0.717, 1.165) is 17.4 Å². The van der Waals surface area contributed by atoms with E-state index >= 15 is 0 Å². The Kier molecular flexibility index (Phi) is 6.53. The summed E-state index contributed by atoms with van der Waals surface area (Å²) in [5.41, 5.74) is -0.386. The molecule has 2 heterocycles. The second kappa shape index (κ2) is 9.30. The van der Waals surface area contributed by atoms with Gasteiger partial charge in [-0.15, -0.1) is 0 Å². The number of carbonyl (C=O) groups excluding carboxylic acids is 3. The van der Waals surface area contributed by atoms with Crippen LogP contribution in [0.1, 0.15) is 82.8 Å². The number of ketones is 2. The summed E-state index contributed by atoms with van der Waals surface area (Å²) in [6, 6.07) is 0. The van der Waals surface area contributed by atoms with Gasteiger partial charge in [-0.2, -0.15) is 0 Å². The van der Waals surface area contributed by atoms with Crippen molar-refractivity contribution in [2.75, 3.05) is 0 Å². The monoisotopic (exact) mass is 546 g/mol. The fourth-order valence-corrected chi connectivity index (χ4v) is 7.11. The number of ether oxygens (including phenoxy) is 2.